The average Bonchev–Trinajstić information content (AvgIpc) is 2.75. The fraction of sp³-hybridized carbons (Fsp3) is 0.786. The minimum absolute atomic E-state index is 0.314. The molecule has 1 aromatic heterocycles. The number of rotatable bonds is 2. The number of aryl methyl sites for hydroxylation is 1. The number of hydrogen-bond donors (Lipinski definition) is 1. The Morgan fingerprint density at radius 1 is 1.39 bits per heavy atom. The van der Waals surface area contributed by atoms with Crippen LogP contribution in [-0.2, 0) is 19.4 Å². The van der Waals surface area contributed by atoms with E-state index in [1.165, 1.54) is 37.3 Å². The molecule has 1 aromatic rings. The van der Waals surface area contributed by atoms with Crippen molar-refractivity contribution in [1.82, 2.24) is 14.5 Å². The van der Waals surface area contributed by atoms with E-state index in [1.807, 2.05) is 0 Å². The predicted octanol–water partition coefficient (Wildman–Crippen LogP) is 1.18. The number of piperidine rings is 1. The lowest BCUT2D eigenvalue weighted by Gasteiger charge is -2.33. The van der Waals surface area contributed by atoms with E-state index < -0.39 is 0 Å². The van der Waals surface area contributed by atoms with Crippen LogP contribution in [0.15, 0.2) is 6.20 Å². The minimum Gasteiger partial charge on any atom is -0.330 e. The number of hydrogen-bond acceptors (Lipinski definition) is 3. The molecule has 0 amide bonds. The summed E-state index contributed by atoms with van der Waals surface area (Å²) in [6.07, 6.45) is 9.36. The Bertz CT molecular complexity index is 412. The maximum atomic E-state index is 6.08. The summed E-state index contributed by atoms with van der Waals surface area (Å²) in [7, 11) is 2.25. The van der Waals surface area contributed by atoms with Crippen LogP contribution < -0.4 is 5.73 Å². The van der Waals surface area contributed by atoms with E-state index in [-0.39, 0.29) is 0 Å². The SMILES string of the molecule is CN1CCCCC1Cc1ncc2n1CC(N)CC2. The molecule has 0 radical (unpaired) electrons. The fourth-order valence-electron chi connectivity index (χ4n) is 3.31. The Labute approximate surface area is 109 Å². The van der Waals surface area contributed by atoms with E-state index >= 15 is 0 Å². The highest BCUT2D eigenvalue weighted by Crippen LogP contribution is 2.21. The van der Waals surface area contributed by atoms with Crippen molar-refractivity contribution >= 4 is 0 Å². The van der Waals surface area contributed by atoms with Crippen LogP contribution in [0.4, 0.5) is 0 Å². The van der Waals surface area contributed by atoms with Crippen molar-refractivity contribution in [2.45, 2.75) is 57.2 Å². The van der Waals surface area contributed by atoms with E-state index in [9.17, 15) is 0 Å². The van der Waals surface area contributed by atoms with Crippen molar-refractivity contribution in [3.8, 4) is 0 Å². The van der Waals surface area contributed by atoms with Gasteiger partial charge in [0.05, 0.1) is 0 Å². The topological polar surface area (TPSA) is 47.1 Å². The first-order valence-electron chi connectivity index (χ1n) is 7.23. The van der Waals surface area contributed by atoms with Gasteiger partial charge in [-0.2, -0.15) is 0 Å². The second kappa shape index (κ2) is 5.02. The Hall–Kier alpha value is -0.870. The minimum atomic E-state index is 0.314. The van der Waals surface area contributed by atoms with Crippen molar-refractivity contribution < 1.29 is 0 Å². The van der Waals surface area contributed by atoms with Gasteiger partial charge in [-0.1, -0.05) is 6.42 Å². The monoisotopic (exact) mass is 248 g/mol. The molecular weight excluding hydrogens is 224 g/mol. The van der Waals surface area contributed by atoms with Gasteiger partial charge in [0.15, 0.2) is 0 Å². The Morgan fingerprint density at radius 2 is 2.28 bits per heavy atom. The van der Waals surface area contributed by atoms with Crippen LogP contribution in [0.3, 0.4) is 0 Å². The number of fused-ring (bicyclic) bond motifs is 1. The van der Waals surface area contributed by atoms with Crippen molar-refractivity contribution in [2.24, 2.45) is 5.73 Å². The number of likely N-dealkylation sites (N-methyl/N-ethyl adjacent to an activating group) is 1. The number of nitrogens with two attached hydrogens (primary N) is 1. The molecule has 4 heteroatoms. The van der Waals surface area contributed by atoms with Crippen LogP contribution >= 0.6 is 0 Å². The molecule has 1 fully saturated rings. The van der Waals surface area contributed by atoms with Gasteiger partial charge in [-0.25, -0.2) is 4.98 Å². The van der Waals surface area contributed by atoms with Crippen molar-refractivity contribution in [3.63, 3.8) is 0 Å². The van der Waals surface area contributed by atoms with Gasteiger partial charge in [-0.15, -0.1) is 0 Å². The van der Waals surface area contributed by atoms with Crippen LogP contribution in [-0.4, -0.2) is 40.1 Å². The quantitative estimate of drug-likeness (QED) is 0.855. The lowest BCUT2D eigenvalue weighted by Crippen LogP contribution is -2.39. The van der Waals surface area contributed by atoms with Gasteiger partial charge in [0.2, 0.25) is 0 Å². The summed E-state index contributed by atoms with van der Waals surface area (Å²) >= 11 is 0. The number of nitrogens with zero attached hydrogens (tertiary/aromatic N) is 3. The van der Waals surface area contributed by atoms with E-state index in [0.717, 1.165) is 25.8 Å². The molecule has 0 bridgehead atoms. The maximum Gasteiger partial charge on any atom is 0.110 e. The molecule has 0 aliphatic carbocycles. The van der Waals surface area contributed by atoms with E-state index in [0.29, 0.717) is 12.1 Å². The summed E-state index contributed by atoms with van der Waals surface area (Å²) in [6.45, 7) is 2.19. The summed E-state index contributed by atoms with van der Waals surface area (Å²) in [5, 5.41) is 0. The van der Waals surface area contributed by atoms with E-state index in [4.69, 9.17) is 5.73 Å². The third-order valence-electron chi connectivity index (χ3n) is 4.55. The van der Waals surface area contributed by atoms with Crippen LogP contribution in [0.2, 0.25) is 0 Å². The third-order valence-corrected chi connectivity index (χ3v) is 4.55. The van der Waals surface area contributed by atoms with Crippen LogP contribution in [0, 0.1) is 0 Å². The molecule has 2 atom stereocenters. The first kappa shape index (κ1) is 12.2. The van der Waals surface area contributed by atoms with Gasteiger partial charge < -0.3 is 15.2 Å². The van der Waals surface area contributed by atoms with Crippen molar-refractivity contribution in [1.29, 1.82) is 0 Å². The van der Waals surface area contributed by atoms with Crippen molar-refractivity contribution in [2.75, 3.05) is 13.6 Å². The molecule has 100 valence electrons. The fourth-order valence-corrected chi connectivity index (χ4v) is 3.31. The Kier molecular flexibility index (Phi) is 3.39. The number of imidazole rings is 1. The van der Waals surface area contributed by atoms with Gasteiger partial charge in [-0.3, -0.25) is 0 Å². The van der Waals surface area contributed by atoms with Crippen molar-refractivity contribution in [3.05, 3.63) is 17.7 Å². The molecule has 2 aliphatic heterocycles. The van der Waals surface area contributed by atoms with E-state index in [2.05, 4.69) is 27.7 Å². The molecule has 0 spiro atoms. The zero-order valence-electron chi connectivity index (χ0n) is 11.3. The predicted molar refractivity (Wildman–Crippen MR) is 72.5 cm³/mol. The molecular formula is C14H24N4. The summed E-state index contributed by atoms with van der Waals surface area (Å²) < 4.78 is 2.37. The lowest BCUT2D eigenvalue weighted by molar-refractivity contribution is 0.181. The lowest BCUT2D eigenvalue weighted by atomic mass is 9.99. The second-order valence-electron chi connectivity index (χ2n) is 5.91. The van der Waals surface area contributed by atoms with Crippen LogP contribution in [0.25, 0.3) is 0 Å². The Morgan fingerprint density at radius 3 is 3.11 bits per heavy atom. The molecule has 2 aliphatic rings. The molecule has 3 heterocycles. The largest absolute Gasteiger partial charge is 0.330 e. The highest BCUT2D eigenvalue weighted by Gasteiger charge is 2.24. The third kappa shape index (κ3) is 2.31. The highest BCUT2D eigenvalue weighted by molar-refractivity contribution is 5.10. The normalized spacial score (nSPS) is 29.2. The van der Waals surface area contributed by atoms with Gasteiger partial charge in [-0.05, 0) is 39.3 Å². The molecule has 3 rings (SSSR count). The zero-order chi connectivity index (χ0) is 12.5. The molecule has 0 aromatic carbocycles. The molecule has 2 unspecified atom stereocenters. The first-order valence-corrected chi connectivity index (χ1v) is 7.23. The average molecular weight is 248 g/mol. The Balaban J connectivity index is 1.74. The first-order chi connectivity index (χ1) is 8.74. The summed E-state index contributed by atoms with van der Waals surface area (Å²) in [5.74, 6) is 1.25. The molecule has 18 heavy (non-hydrogen) atoms. The second-order valence-corrected chi connectivity index (χ2v) is 5.91. The summed E-state index contributed by atoms with van der Waals surface area (Å²) in [5.41, 5.74) is 7.46. The molecule has 4 nitrogen and oxygen atoms in total. The van der Waals surface area contributed by atoms with Crippen LogP contribution in [0.1, 0.15) is 37.2 Å². The molecule has 1 saturated heterocycles. The highest BCUT2D eigenvalue weighted by atomic mass is 15.2. The van der Waals surface area contributed by atoms with Gasteiger partial charge in [0.1, 0.15) is 5.82 Å². The standard InChI is InChI=1S/C14H24N4/c1-17-7-3-2-4-12(17)8-14-16-9-13-6-5-11(15)10-18(13)14/h9,11-12H,2-8,10,15H2,1H3. The van der Waals surface area contributed by atoms with E-state index in [1.54, 1.807) is 0 Å². The van der Waals surface area contributed by atoms with Crippen LogP contribution in [0.5, 0.6) is 0 Å². The summed E-state index contributed by atoms with van der Waals surface area (Å²) in [6, 6.07) is 0.984. The summed E-state index contributed by atoms with van der Waals surface area (Å²) in [4.78, 5) is 7.14. The number of likely N-dealkylation sites (tertiary alicyclic amines) is 1. The smallest absolute Gasteiger partial charge is 0.110 e. The number of aromatic nitrogens is 2. The van der Waals surface area contributed by atoms with Gasteiger partial charge in [0.25, 0.3) is 0 Å². The van der Waals surface area contributed by atoms with Gasteiger partial charge in [0, 0.05) is 36.9 Å². The molecule has 2 N–H and O–H groups in total. The zero-order valence-corrected chi connectivity index (χ0v) is 11.3. The molecule has 0 saturated carbocycles. The maximum absolute atomic E-state index is 6.08. The van der Waals surface area contributed by atoms with Gasteiger partial charge >= 0.3 is 0 Å².